The summed E-state index contributed by atoms with van der Waals surface area (Å²) in [4.78, 5) is 2.17. The van der Waals surface area contributed by atoms with Crippen molar-refractivity contribution >= 4 is 11.6 Å². The van der Waals surface area contributed by atoms with Crippen LogP contribution < -0.4 is 5.73 Å². The second-order valence-electron chi connectivity index (χ2n) is 4.34. The maximum Gasteiger partial charge on any atom is 0.129 e. The molecule has 0 saturated carbocycles. The summed E-state index contributed by atoms with van der Waals surface area (Å²) < 4.78 is 13.6. The van der Waals surface area contributed by atoms with Gasteiger partial charge in [0.25, 0.3) is 0 Å². The minimum Gasteiger partial charge on any atom is -0.327 e. The molecule has 2 rings (SSSR count). The van der Waals surface area contributed by atoms with Crippen LogP contribution in [0.15, 0.2) is 18.2 Å². The van der Waals surface area contributed by atoms with E-state index in [9.17, 15) is 4.39 Å². The van der Waals surface area contributed by atoms with Crippen molar-refractivity contribution in [3.05, 3.63) is 34.6 Å². The zero-order valence-electron chi connectivity index (χ0n) is 9.13. The van der Waals surface area contributed by atoms with Crippen LogP contribution in [0.25, 0.3) is 0 Å². The molecule has 1 saturated heterocycles. The number of likely N-dealkylation sites (tertiary alicyclic amines) is 1. The average Bonchev–Trinajstić information content (AvgIpc) is 2.24. The molecular weight excluding hydrogens is 227 g/mol. The van der Waals surface area contributed by atoms with E-state index >= 15 is 0 Å². The number of hydrogen-bond acceptors (Lipinski definition) is 2. The number of rotatable bonds is 2. The lowest BCUT2D eigenvalue weighted by atomic mass is 10.1. The molecule has 4 heteroatoms. The van der Waals surface area contributed by atoms with Crippen LogP contribution in [0.4, 0.5) is 4.39 Å². The average molecular weight is 243 g/mol. The molecular formula is C12H16ClFN2. The highest BCUT2D eigenvalue weighted by Gasteiger charge is 2.18. The van der Waals surface area contributed by atoms with Gasteiger partial charge in [0.05, 0.1) is 0 Å². The Labute approximate surface area is 100 Å². The Bertz CT molecular complexity index is 350. The summed E-state index contributed by atoms with van der Waals surface area (Å²) in [6.45, 7) is 2.35. The van der Waals surface area contributed by atoms with Gasteiger partial charge in [-0.05, 0) is 31.5 Å². The first kappa shape index (κ1) is 11.8. The molecule has 2 N–H and O–H groups in total. The van der Waals surface area contributed by atoms with Crippen molar-refractivity contribution in [2.45, 2.75) is 25.4 Å². The third-order valence-electron chi connectivity index (χ3n) is 2.99. The highest BCUT2D eigenvalue weighted by Crippen LogP contribution is 2.22. The Balaban J connectivity index is 2.08. The van der Waals surface area contributed by atoms with Crippen molar-refractivity contribution < 1.29 is 4.39 Å². The van der Waals surface area contributed by atoms with Crippen molar-refractivity contribution in [1.29, 1.82) is 0 Å². The van der Waals surface area contributed by atoms with Crippen molar-refractivity contribution in [3.63, 3.8) is 0 Å². The van der Waals surface area contributed by atoms with Gasteiger partial charge in [-0.1, -0.05) is 17.7 Å². The standard InChI is InChI=1S/C12H16ClFN2/c13-11-4-1-5-12(14)10(11)8-16-6-2-3-9(15)7-16/h1,4-5,9H,2-3,6-8,15H2/t9-/m1/s1. The summed E-state index contributed by atoms with van der Waals surface area (Å²) in [6, 6.07) is 5.01. The Hall–Kier alpha value is -0.640. The maximum absolute atomic E-state index is 13.6. The van der Waals surface area contributed by atoms with Gasteiger partial charge in [-0.3, -0.25) is 4.90 Å². The number of benzene rings is 1. The normalized spacial score (nSPS) is 22.3. The van der Waals surface area contributed by atoms with Gasteiger partial charge in [0.2, 0.25) is 0 Å². The summed E-state index contributed by atoms with van der Waals surface area (Å²) in [6.07, 6.45) is 2.13. The van der Waals surface area contributed by atoms with Crippen molar-refractivity contribution in [2.75, 3.05) is 13.1 Å². The minimum atomic E-state index is -0.230. The highest BCUT2D eigenvalue weighted by atomic mass is 35.5. The number of hydrogen-bond donors (Lipinski definition) is 1. The highest BCUT2D eigenvalue weighted by molar-refractivity contribution is 6.31. The summed E-state index contributed by atoms with van der Waals surface area (Å²) in [5.41, 5.74) is 6.47. The first-order valence-electron chi connectivity index (χ1n) is 5.57. The molecule has 16 heavy (non-hydrogen) atoms. The van der Waals surface area contributed by atoms with E-state index in [4.69, 9.17) is 17.3 Å². The van der Waals surface area contributed by atoms with Gasteiger partial charge in [-0.25, -0.2) is 4.39 Å². The molecule has 0 radical (unpaired) electrons. The molecule has 0 bridgehead atoms. The van der Waals surface area contributed by atoms with E-state index in [2.05, 4.69) is 4.90 Å². The van der Waals surface area contributed by atoms with E-state index < -0.39 is 0 Å². The number of nitrogens with zero attached hydrogens (tertiary/aromatic N) is 1. The van der Waals surface area contributed by atoms with E-state index in [1.54, 1.807) is 12.1 Å². The van der Waals surface area contributed by atoms with Gasteiger partial charge in [-0.15, -0.1) is 0 Å². The molecule has 1 aliphatic rings. The molecule has 0 unspecified atom stereocenters. The molecule has 0 spiro atoms. The van der Waals surface area contributed by atoms with Gasteiger partial charge in [0.1, 0.15) is 5.82 Å². The Morgan fingerprint density at radius 1 is 1.50 bits per heavy atom. The molecule has 1 aliphatic heterocycles. The lowest BCUT2D eigenvalue weighted by Gasteiger charge is -2.30. The topological polar surface area (TPSA) is 29.3 Å². The van der Waals surface area contributed by atoms with Crippen LogP contribution in [-0.4, -0.2) is 24.0 Å². The fourth-order valence-corrected chi connectivity index (χ4v) is 2.36. The quantitative estimate of drug-likeness (QED) is 0.863. The Morgan fingerprint density at radius 3 is 3.00 bits per heavy atom. The molecule has 1 aromatic carbocycles. The summed E-state index contributed by atoms with van der Waals surface area (Å²) in [5.74, 6) is -0.230. The third kappa shape index (κ3) is 2.73. The van der Waals surface area contributed by atoms with Gasteiger partial charge >= 0.3 is 0 Å². The number of piperidine rings is 1. The molecule has 1 heterocycles. The van der Waals surface area contributed by atoms with Crippen LogP contribution in [-0.2, 0) is 6.54 Å². The Morgan fingerprint density at radius 2 is 2.31 bits per heavy atom. The van der Waals surface area contributed by atoms with Gasteiger partial charge < -0.3 is 5.73 Å². The second kappa shape index (κ2) is 5.13. The molecule has 2 nitrogen and oxygen atoms in total. The molecule has 1 aromatic rings. The molecule has 1 fully saturated rings. The maximum atomic E-state index is 13.6. The van der Waals surface area contributed by atoms with Gasteiger partial charge in [-0.2, -0.15) is 0 Å². The van der Waals surface area contributed by atoms with E-state index in [1.807, 2.05) is 0 Å². The molecule has 0 amide bonds. The fraction of sp³-hybridized carbons (Fsp3) is 0.500. The molecule has 0 aliphatic carbocycles. The largest absolute Gasteiger partial charge is 0.327 e. The van der Waals surface area contributed by atoms with E-state index in [1.165, 1.54) is 6.07 Å². The van der Waals surface area contributed by atoms with E-state index in [0.29, 0.717) is 17.1 Å². The zero-order valence-corrected chi connectivity index (χ0v) is 9.88. The lowest BCUT2D eigenvalue weighted by molar-refractivity contribution is 0.199. The first-order chi connectivity index (χ1) is 7.66. The van der Waals surface area contributed by atoms with Gasteiger partial charge in [0, 0.05) is 29.7 Å². The SMILES string of the molecule is N[C@@H]1CCCN(Cc2c(F)cccc2Cl)C1. The minimum absolute atomic E-state index is 0.208. The van der Waals surface area contributed by atoms with E-state index in [-0.39, 0.29) is 11.9 Å². The van der Waals surface area contributed by atoms with Crippen LogP contribution >= 0.6 is 11.6 Å². The smallest absolute Gasteiger partial charge is 0.129 e. The summed E-state index contributed by atoms with van der Waals surface area (Å²) in [7, 11) is 0. The van der Waals surface area contributed by atoms with Crippen LogP contribution in [0, 0.1) is 5.82 Å². The zero-order chi connectivity index (χ0) is 11.5. The van der Waals surface area contributed by atoms with Crippen molar-refractivity contribution in [3.8, 4) is 0 Å². The van der Waals surface area contributed by atoms with Crippen molar-refractivity contribution in [2.24, 2.45) is 5.73 Å². The molecule has 1 atom stereocenters. The van der Waals surface area contributed by atoms with Crippen LogP contribution in [0.1, 0.15) is 18.4 Å². The van der Waals surface area contributed by atoms with Crippen LogP contribution in [0.3, 0.4) is 0 Å². The fourth-order valence-electron chi connectivity index (χ4n) is 2.14. The molecule has 88 valence electrons. The third-order valence-corrected chi connectivity index (χ3v) is 3.34. The summed E-state index contributed by atoms with van der Waals surface area (Å²) >= 11 is 5.99. The Kier molecular flexibility index (Phi) is 3.79. The van der Waals surface area contributed by atoms with Gasteiger partial charge in [0.15, 0.2) is 0 Å². The number of halogens is 2. The van der Waals surface area contributed by atoms with Crippen LogP contribution in [0.5, 0.6) is 0 Å². The predicted molar refractivity (Wildman–Crippen MR) is 63.9 cm³/mol. The lowest BCUT2D eigenvalue weighted by Crippen LogP contribution is -2.42. The molecule has 0 aromatic heterocycles. The van der Waals surface area contributed by atoms with Crippen LogP contribution in [0.2, 0.25) is 5.02 Å². The van der Waals surface area contributed by atoms with E-state index in [0.717, 1.165) is 25.9 Å². The van der Waals surface area contributed by atoms with Crippen molar-refractivity contribution in [1.82, 2.24) is 4.90 Å². The summed E-state index contributed by atoms with van der Waals surface area (Å²) in [5, 5.41) is 0.499. The monoisotopic (exact) mass is 242 g/mol. The first-order valence-corrected chi connectivity index (χ1v) is 5.95. The second-order valence-corrected chi connectivity index (χ2v) is 4.74. The number of nitrogens with two attached hydrogens (primary N) is 1. The predicted octanol–water partition coefficient (Wildman–Crippen LogP) is 2.40.